The molecule has 0 unspecified atom stereocenters. The third kappa shape index (κ3) is 6.08. The molecule has 2 aromatic rings. The summed E-state index contributed by atoms with van der Waals surface area (Å²) in [6.45, 7) is 2.53. The van der Waals surface area contributed by atoms with Crippen LogP contribution in [0.15, 0.2) is 48.5 Å². The fraction of sp³-hybridized carbons (Fsp3) is 0.458. The maximum absolute atomic E-state index is 13.1. The molecule has 1 heterocycles. The number of aryl methyl sites for hydroxylation is 1. The fourth-order valence-electron chi connectivity index (χ4n) is 4.23. The first-order valence-corrected chi connectivity index (χ1v) is 10.8. The monoisotopic (exact) mass is 437 g/mol. The van der Waals surface area contributed by atoms with E-state index in [0.717, 1.165) is 63.2 Å². The minimum atomic E-state index is -4.30. The van der Waals surface area contributed by atoms with Gasteiger partial charge >= 0.3 is 6.18 Å². The van der Waals surface area contributed by atoms with E-state index in [4.69, 9.17) is 11.6 Å². The average Bonchev–Trinajstić information content (AvgIpc) is 2.74. The highest BCUT2D eigenvalue weighted by Crippen LogP contribution is 2.34. The maximum Gasteiger partial charge on any atom is 0.416 e. The summed E-state index contributed by atoms with van der Waals surface area (Å²) in [7, 11) is 0. The Kier molecular flexibility index (Phi) is 7.59. The van der Waals surface area contributed by atoms with E-state index in [1.165, 1.54) is 6.07 Å². The second kappa shape index (κ2) is 9.97. The third-order valence-corrected chi connectivity index (χ3v) is 6.32. The van der Waals surface area contributed by atoms with E-state index in [-0.39, 0.29) is 5.41 Å². The minimum absolute atomic E-state index is 0.337. The highest BCUT2D eigenvalue weighted by atomic mass is 35.5. The quantitative estimate of drug-likeness (QED) is 0.361. The van der Waals surface area contributed by atoms with Crippen LogP contribution in [0.25, 0.3) is 0 Å². The van der Waals surface area contributed by atoms with Crippen LogP contribution < -0.4 is 0 Å². The number of aldehydes is 1. The van der Waals surface area contributed by atoms with Crippen molar-refractivity contribution in [3.8, 4) is 0 Å². The number of carbonyl (C=O) groups excluding carboxylic acids is 1. The van der Waals surface area contributed by atoms with Gasteiger partial charge in [0.05, 0.1) is 5.56 Å². The van der Waals surface area contributed by atoms with Crippen LogP contribution in [0.2, 0.25) is 5.02 Å². The number of hydrogen-bond donors (Lipinski definition) is 0. The number of benzene rings is 2. The zero-order valence-electron chi connectivity index (χ0n) is 16.9. The number of unbranched alkanes of at least 4 members (excludes halogenated alkanes) is 1. The van der Waals surface area contributed by atoms with Crippen LogP contribution in [0.3, 0.4) is 0 Å². The largest absolute Gasteiger partial charge is 0.416 e. The van der Waals surface area contributed by atoms with Crippen LogP contribution in [0, 0.1) is 5.41 Å². The third-order valence-electron chi connectivity index (χ3n) is 6.06. The predicted octanol–water partition coefficient (Wildman–Crippen LogP) is 6.21. The zero-order valence-corrected chi connectivity index (χ0v) is 17.7. The smallest absolute Gasteiger partial charge is 0.303 e. The van der Waals surface area contributed by atoms with Crippen molar-refractivity contribution in [3.05, 3.63) is 70.2 Å². The van der Waals surface area contributed by atoms with E-state index >= 15 is 0 Å². The normalized spacial score (nSPS) is 17.1. The SMILES string of the molecule is O=CC1(Cc2ccc(Cl)cc2)CCN(CCCCc2ccccc2C(F)(F)F)CC1. The molecule has 1 aliphatic rings. The predicted molar refractivity (Wildman–Crippen MR) is 114 cm³/mol. The van der Waals surface area contributed by atoms with E-state index in [2.05, 4.69) is 4.90 Å². The molecule has 162 valence electrons. The minimum Gasteiger partial charge on any atom is -0.303 e. The molecule has 3 rings (SSSR count). The van der Waals surface area contributed by atoms with Crippen molar-refractivity contribution in [1.82, 2.24) is 4.90 Å². The van der Waals surface area contributed by atoms with Crippen molar-refractivity contribution in [2.75, 3.05) is 19.6 Å². The molecule has 1 saturated heterocycles. The van der Waals surface area contributed by atoms with E-state index in [9.17, 15) is 18.0 Å². The first-order chi connectivity index (χ1) is 14.3. The Morgan fingerprint density at radius 1 is 1.00 bits per heavy atom. The molecule has 0 aliphatic carbocycles. The molecule has 1 fully saturated rings. The number of alkyl halides is 3. The van der Waals surface area contributed by atoms with Gasteiger partial charge < -0.3 is 9.69 Å². The summed E-state index contributed by atoms with van der Waals surface area (Å²) >= 11 is 5.94. The Balaban J connectivity index is 1.45. The van der Waals surface area contributed by atoms with Gasteiger partial charge in [-0.2, -0.15) is 13.2 Å². The molecule has 0 aromatic heterocycles. The van der Waals surface area contributed by atoms with Crippen molar-refractivity contribution in [2.24, 2.45) is 5.41 Å². The lowest BCUT2D eigenvalue weighted by atomic mass is 9.75. The van der Waals surface area contributed by atoms with Gasteiger partial charge in [-0.1, -0.05) is 41.9 Å². The number of halogens is 4. The van der Waals surface area contributed by atoms with Gasteiger partial charge in [0.1, 0.15) is 6.29 Å². The topological polar surface area (TPSA) is 20.3 Å². The highest BCUT2D eigenvalue weighted by Gasteiger charge is 2.35. The Labute approximate surface area is 181 Å². The Morgan fingerprint density at radius 3 is 2.30 bits per heavy atom. The summed E-state index contributed by atoms with van der Waals surface area (Å²) in [4.78, 5) is 14.2. The van der Waals surface area contributed by atoms with Gasteiger partial charge in [-0.25, -0.2) is 0 Å². The molecule has 0 radical (unpaired) electrons. The fourth-order valence-corrected chi connectivity index (χ4v) is 4.36. The Bertz CT molecular complexity index is 827. The number of hydrogen-bond acceptors (Lipinski definition) is 2. The maximum atomic E-state index is 13.1. The summed E-state index contributed by atoms with van der Waals surface area (Å²) in [5, 5.41) is 0.687. The second-order valence-corrected chi connectivity index (χ2v) is 8.67. The molecular weight excluding hydrogens is 411 g/mol. The summed E-state index contributed by atoms with van der Waals surface area (Å²) in [6.07, 6.45) is 1.11. The van der Waals surface area contributed by atoms with Gasteiger partial charge in [0.25, 0.3) is 0 Å². The summed E-state index contributed by atoms with van der Waals surface area (Å²) in [5.41, 5.74) is 0.617. The molecule has 30 heavy (non-hydrogen) atoms. The lowest BCUT2D eigenvalue weighted by molar-refractivity contribution is -0.138. The van der Waals surface area contributed by atoms with Gasteiger partial charge in [-0.3, -0.25) is 0 Å². The second-order valence-electron chi connectivity index (χ2n) is 8.24. The van der Waals surface area contributed by atoms with Crippen molar-refractivity contribution in [3.63, 3.8) is 0 Å². The zero-order chi connectivity index (χ0) is 21.6. The lowest BCUT2D eigenvalue weighted by Gasteiger charge is -2.38. The number of nitrogens with zero attached hydrogens (tertiary/aromatic N) is 1. The van der Waals surface area contributed by atoms with Crippen molar-refractivity contribution < 1.29 is 18.0 Å². The first kappa shape index (κ1) is 22.8. The van der Waals surface area contributed by atoms with Crippen LogP contribution in [-0.2, 0) is 23.8 Å². The van der Waals surface area contributed by atoms with Gasteiger partial charge in [-0.05, 0) is 87.5 Å². The number of rotatable bonds is 8. The van der Waals surface area contributed by atoms with Crippen LogP contribution in [-0.4, -0.2) is 30.8 Å². The number of piperidine rings is 1. The van der Waals surface area contributed by atoms with E-state index in [1.807, 2.05) is 24.3 Å². The molecule has 0 atom stereocenters. The number of carbonyl (C=O) groups is 1. The molecule has 1 aliphatic heterocycles. The van der Waals surface area contributed by atoms with Gasteiger partial charge in [0.2, 0.25) is 0 Å². The van der Waals surface area contributed by atoms with Gasteiger partial charge in [0, 0.05) is 10.4 Å². The molecule has 0 spiro atoms. The summed E-state index contributed by atoms with van der Waals surface area (Å²) in [5.74, 6) is 0. The van der Waals surface area contributed by atoms with Crippen LogP contribution in [0.4, 0.5) is 13.2 Å². The molecule has 0 N–H and O–H groups in total. The van der Waals surface area contributed by atoms with E-state index < -0.39 is 11.7 Å². The van der Waals surface area contributed by atoms with Crippen molar-refractivity contribution >= 4 is 17.9 Å². The first-order valence-electron chi connectivity index (χ1n) is 10.4. The molecule has 2 aromatic carbocycles. The molecule has 0 amide bonds. The van der Waals surface area contributed by atoms with Crippen LogP contribution in [0.5, 0.6) is 0 Å². The van der Waals surface area contributed by atoms with Crippen LogP contribution in [0.1, 0.15) is 42.4 Å². The Morgan fingerprint density at radius 2 is 1.67 bits per heavy atom. The number of likely N-dealkylation sites (tertiary alicyclic amines) is 1. The van der Waals surface area contributed by atoms with E-state index in [0.29, 0.717) is 23.4 Å². The highest BCUT2D eigenvalue weighted by molar-refractivity contribution is 6.30. The summed E-state index contributed by atoms with van der Waals surface area (Å²) in [6, 6.07) is 13.5. The molecule has 2 nitrogen and oxygen atoms in total. The van der Waals surface area contributed by atoms with Gasteiger partial charge in [-0.15, -0.1) is 0 Å². The molecule has 0 saturated carbocycles. The average molecular weight is 438 g/mol. The van der Waals surface area contributed by atoms with Crippen molar-refractivity contribution in [2.45, 2.75) is 44.7 Å². The van der Waals surface area contributed by atoms with Crippen molar-refractivity contribution in [1.29, 1.82) is 0 Å². The molecule has 6 heteroatoms. The molecular formula is C24H27ClF3NO. The van der Waals surface area contributed by atoms with Crippen LogP contribution >= 0.6 is 11.6 Å². The standard InChI is InChI=1S/C24H27ClF3NO/c25-21-10-8-19(9-11-21)17-23(18-30)12-15-29(16-13-23)14-4-3-6-20-5-1-2-7-22(20)24(26,27)28/h1-2,5,7-11,18H,3-4,6,12-17H2. The van der Waals surface area contributed by atoms with Gasteiger partial charge in [0.15, 0.2) is 0 Å². The van der Waals surface area contributed by atoms with E-state index in [1.54, 1.807) is 12.1 Å². The summed E-state index contributed by atoms with van der Waals surface area (Å²) < 4.78 is 39.3. The lowest BCUT2D eigenvalue weighted by Crippen LogP contribution is -2.42. The Hall–Kier alpha value is -1.85. The molecule has 0 bridgehead atoms.